The summed E-state index contributed by atoms with van der Waals surface area (Å²) < 4.78 is 11.3. The fraction of sp³-hybridized carbons (Fsp3) is 0.571. The summed E-state index contributed by atoms with van der Waals surface area (Å²) in [6, 6.07) is 3.70. The Morgan fingerprint density at radius 3 is 3.00 bits per heavy atom. The molecule has 1 aromatic rings. The van der Waals surface area contributed by atoms with Crippen molar-refractivity contribution in [3.05, 3.63) is 29.6 Å². The van der Waals surface area contributed by atoms with Crippen LogP contribution in [-0.2, 0) is 16.1 Å². The lowest BCUT2D eigenvalue weighted by Crippen LogP contribution is -2.27. The van der Waals surface area contributed by atoms with E-state index in [1.165, 1.54) is 0 Å². The van der Waals surface area contributed by atoms with Crippen molar-refractivity contribution in [3.63, 3.8) is 0 Å². The summed E-state index contributed by atoms with van der Waals surface area (Å²) in [5, 5.41) is 7.37. The van der Waals surface area contributed by atoms with Crippen molar-refractivity contribution in [1.29, 1.82) is 5.41 Å². The Kier molecular flexibility index (Phi) is 4.87. The van der Waals surface area contributed by atoms with Crippen molar-refractivity contribution in [2.45, 2.75) is 44.5 Å². The molecule has 2 rings (SSSR count). The Balaban J connectivity index is 1.88. The van der Waals surface area contributed by atoms with Crippen molar-refractivity contribution < 1.29 is 9.47 Å². The summed E-state index contributed by atoms with van der Waals surface area (Å²) >= 11 is 0. The van der Waals surface area contributed by atoms with Crippen LogP contribution in [-0.4, -0.2) is 30.1 Å². The first-order valence-electron chi connectivity index (χ1n) is 6.62. The van der Waals surface area contributed by atoms with Gasteiger partial charge < -0.3 is 15.2 Å². The summed E-state index contributed by atoms with van der Waals surface area (Å²) in [5.74, 6) is -0.0148. The highest BCUT2D eigenvalue weighted by Gasteiger charge is 2.22. The molecule has 5 heteroatoms. The molecule has 1 saturated carbocycles. The fourth-order valence-electron chi connectivity index (χ4n) is 2.39. The first kappa shape index (κ1) is 14.0. The van der Waals surface area contributed by atoms with Crippen molar-refractivity contribution in [1.82, 2.24) is 4.98 Å². The van der Waals surface area contributed by atoms with E-state index in [0.717, 1.165) is 31.2 Å². The molecule has 1 aromatic heterocycles. The molecule has 2 atom stereocenters. The van der Waals surface area contributed by atoms with E-state index in [-0.39, 0.29) is 11.9 Å². The first-order chi connectivity index (χ1) is 9.19. The molecular formula is C14H21N3O2. The molecule has 1 aliphatic rings. The molecule has 0 radical (unpaired) electrons. The number of rotatable bonds is 5. The van der Waals surface area contributed by atoms with Crippen LogP contribution in [0.2, 0.25) is 0 Å². The van der Waals surface area contributed by atoms with Crippen LogP contribution in [0.25, 0.3) is 0 Å². The molecule has 104 valence electrons. The van der Waals surface area contributed by atoms with Crippen LogP contribution in [0.15, 0.2) is 18.3 Å². The monoisotopic (exact) mass is 263 g/mol. The average molecular weight is 263 g/mol. The van der Waals surface area contributed by atoms with Gasteiger partial charge in [0.1, 0.15) is 11.5 Å². The number of aromatic nitrogens is 1. The van der Waals surface area contributed by atoms with Crippen LogP contribution >= 0.6 is 0 Å². The topological polar surface area (TPSA) is 81.2 Å². The Morgan fingerprint density at radius 1 is 1.47 bits per heavy atom. The number of hydrogen-bond donors (Lipinski definition) is 2. The van der Waals surface area contributed by atoms with E-state index >= 15 is 0 Å². The first-order valence-corrected chi connectivity index (χ1v) is 6.62. The second kappa shape index (κ2) is 6.63. The summed E-state index contributed by atoms with van der Waals surface area (Å²) in [4.78, 5) is 4.03. The quantitative estimate of drug-likeness (QED) is 0.627. The normalized spacial score (nSPS) is 23.2. The molecule has 2 unspecified atom stereocenters. The molecule has 1 aliphatic carbocycles. The zero-order valence-corrected chi connectivity index (χ0v) is 11.3. The van der Waals surface area contributed by atoms with Gasteiger partial charge in [0.15, 0.2) is 0 Å². The highest BCUT2D eigenvalue weighted by molar-refractivity contribution is 5.93. The van der Waals surface area contributed by atoms with E-state index in [2.05, 4.69) is 4.98 Å². The molecule has 0 aromatic carbocycles. The number of nitrogens with zero attached hydrogens (tertiary/aromatic N) is 1. The third-order valence-corrected chi connectivity index (χ3v) is 3.50. The van der Waals surface area contributed by atoms with Gasteiger partial charge in [-0.3, -0.25) is 10.4 Å². The number of nitrogen functional groups attached to an aromatic ring is 1. The van der Waals surface area contributed by atoms with E-state index in [1.807, 2.05) is 6.07 Å². The second-order valence-electron chi connectivity index (χ2n) is 4.92. The minimum absolute atomic E-state index is 0.0148. The smallest absolute Gasteiger partial charge is 0.141 e. The summed E-state index contributed by atoms with van der Waals surface area (Å²) in [6.45, 7) is 0.532. The van der Waals surface area contributed by atoms with E-state index < -0.39 is 0 Å². The standard InChI is InChI=1S/C14H21N3O2/c1-18-11-3-2-4-12(8-11)19-9-10-5-6-17-13(7-10)14(15)16/h5-7,11-12H,2-4,8-9H2,1H3,(H3,15,16). The second-order valence-corrected chi connectivity index (χ2v) is 4.92. The summed E-state index contributed by atoms with van der Waals surface area (Å²) in [6.07, 6.45) is 6.56. The largest absolute Gasteiger partial charge is 0.382 e. The number of pyridine rings is 1. The molecule has 1 fully saturated rings. The number of nitrogens with one attached hydrogen (secondary N) is 1. The van der Waals surface area contributed by atoms with Crippen molar-refractivity contribution in [3.8, 4) is 0 Å². The molecule has 0 spiro atoms. The highest BCUT2D eigenvalue weighted by atomic mass is 16.5. The van der Waals surface area contributed by atoms with Gasteiger partial charge in [0.2, 0.25) is 0 Å². The number of hydrogen-bond acceptors (Lipinski definition) is 4. The Labute approximate surface area is 113 Å². The molecule has 5 nitrogen and oxygen atoms in total. The average Bonchev–Trinajstić information content (AvgIpc) is 2.45. The molecule has 0 aliphatic heterocycles. The predicted molar refractivity (Wildman–Crippen MR) is 73.1 cm³/mol. The third kappa shape index (κ3) is 4.01. The lowest BCUT2D eigenvalue weighted by molar-refractivity contribution is -0.0363. The molecule has 0 amide bonds. The van der Waals surface area contributed by atoms with E-state index in [0.29, 0.717) is 18.4 Å². The molecule has 0 saturated heterocycles. The van der Waals surface area contributed by atoms with Crippen molar-refractivity contribution >= 4 is 5.84 Å². The van der Waals surface area contributed by atoms with Gasteiger partial charge in [0, 0.05) is 13.3 Å². The van der Waals surface area contributed by atoms with E-state index in [9.17, 15) is 0 Å². The zero-order valence-electron chi connectivity index (χ0n) is 11.3. The van der Waals surface area contributed by atoms with Crippen LogP contribution in [0.5, 0.6) is 0 Å². The van der Waals surface area contributed by atoms with Gasteiger partial charge >= 0.3 is 0 Å². The highest BCUT2D eigenvalue weighted by Crippen LogP contribution is 2.23. The lowest BCUT2D eigenvalue weighted by atomic mass is 9.95. The molecule has 0 bridgehead atoms. The van der Waals surface area contributed by atoms with Gasteiger partial charge in [-0.25, -0.2) is 0 Å². The lowest BCUT2D eigenvalue weighted by Gasteiger charge is -2.28. The van der Waals surface area contributed by atoms with Gasteiger partial charge in [-0.2, -0.15) is 0 Å². The number of ether oxygens (including phenoxy) is 2. The molecule has 1 heterocycles. The SMILES string of the molecule is COC1CCCC(OCc2ccnc(C(=N)N)c2)C1. The Hall–Kier alpha value is -1.46. The zero-order chi connectivity index (χ0) is 13.7. The Bertz CT molecular complexity index is 436. The third-order valence-electron chi connectivity index (χ3n) is 3.50. The maximum Gasteiger partial charge on any atom is 0.141 e. The molecular weight excluding hydrogens is 242 g/mol. The predicted octanol–water partition coefficient (Wildman–Crippen LogP) is 1.84. The van der Waals surface area contributed by atoms with Crippen LogP contribution in [0, 0.1) is 5.41 Å². The van der Waals surface area contributed by atoms with Crippen LogP contribution in [0.1, 0.15) is 36.9 Å². The maximum atomic E-state index is 7.37. The van der Waals surface area contributed by atoms with Crippen molar-refractivity contribution in [2.24, 2.45) is 5.73 Å². The molecule has 3 N–H and O–H groups in total. The van der Waals surface area contributed by atoms with Gasteiger partial charge in [-0.15, -0.1) is 0 Å². The summed E-state index contributed by atoms with van der Waals surface area (Å²) in [5.41, 5.74) is 6.92. The van der Waals surface area contributed by atoms with Gasteiger partial charge in [0.05, 0.1) is 18.8 Å². The van der Waals surface area contributed by atoms with E-state index in [1.54, 1.807) is 19.4 Å². The van der Waals surface area contributed by atoms with Gasteiger partial charge in [-0.1, -0.05) is 0 Å². The fourth-order valence-corrected chi connectivity index (χ4v) is 2.39. The van der Waals surface area contributed by atoms with Crippen LogP contribution in [0.3, 0.4) is 0 Å². The minimum atomic E-state index is -0.0148. The molecule has 19 heavy (non-hydrogen) atoms. The Morgan fingerprint density at radius 2 is 2.26 bits per heavy atom. The van der Waals surface area contributed by atoms with Gasteiger partial charge in [0.25, 0.3) is 0 Å². The van der Waals surface area contributed by atoms with Crippen LogP contribution in [0.4, 0.5) is 0 Å². The maximum absolute atomic E-state index is 7.37. The van der Waals surface area contributed by atoms with Crippen molar-refractivity contribution in [2.75, 3.05) is 7.11 Å². The number of amidine groups is 1. The summed E-state index contributed by atoms with van der Waals surface area (Å²) in [7, 11) is 1.76. The van der Waals surface area contributed by atoms with Gasteiger partial charge in [-0.05, 0) is 43.4 Å². The van der Waals surface area contributed by atoms with Crippen LogP contribution < -0.4 is 5.73 Å². The van der Waals surface area contributed by atoms with E-state index in [4.69, 9.17) is 20.6 Å². The number of methoxy groups -OCH3 is 1. The number of nitrogens with two attached hydrogens (primary N) is 1. The minimum Gasteiger partial charge on any atom is -0.382 e.